The van der Waals surface area contributed by atoms with Crippen molar-refractivity contribution in [3.63, 3.8) is 0 Å². The van der Waals surface area contributed by atoms with E-state index in [-0.39, 0.29) is 0 Å². The Morgan fingerprint density at radius 3 is 2.78 bits per heavy atom. The number of aromatic nitrogens is 3. The summed E-state index contributed by atoms with van der Waals surface area (Å²) in [6.45, 7) is 5.07. The first-order valence-electron chi connectivity index (χ1n) is 8.57. The number of rotatable bonds is 5. The van der Waals surface area contributed by atoms with Gasteiger partial charge in [-0.15, -0.1) is 5.10 Å². The fraction of sp³-hybridized carbons (Fsp3) is 0.412. The Morgan fingerprint density at radius 2 is 2.04 bits per heavy atom. The Bertz CT molecular complexity index is 885. The van der Waals surface area contributed by atoms with Crippen LogP contribution in [0.1, 0.15) is 5.56 Å². The number of benzene rings is 1. The van der Waals surface area contributed by atoms with Gasteiger partial charge in [-0.3, -0.25) is 4.90 Å². The molecule has 27 heavy (non-hydrogen) atoms. The van der Waals surface area contributed by atoms with Gasteiger partial charge in [-0.05, 0) is 12.1 Å². The first-order valence-corrected chi connectivity index (χ1v) is 9.38. The van der Waals surface area contributed by atoms with Gasteiger partial charge in [-0.1, -0.05) is 23.5 Å². The summed E-state index contributed by atoms with van der Waals surface area (Å²) in [6.07, 6.45) is -2.72. The van der Waals surface area contributed by atoms with Crippen molar-refractivity contribution in [2.75, 3.05) is 44.7 Å². The van der Waals surface area contributed by atoms with E-state index in [1.165, 1.54) is 17.4 Å². The number of ether oxygens (including phenoxy) is 1. The number of morpholine rings is 1. The molecule has 1 aromatic carbocycles. The molecule has 3 heterocycles. The van der Waals surface area contributed by atoms with E-state index in [4.69, 9.17) is 4.74 Å². The number of nitrogens with zero attached hydrogens (tertiary/aromatic N) is 4. The maximum Gasteiger partial charge on any atom is 0.416 e. The zero-order valence-corrected chi connectivity index (χ0v) is 15.2. The van der Waals surface area contributed by atoms with Gasteiger partial charge < -0.3 is 10.1 Å². The van der Waals surface area contributed by atoms with Gasteiger partial charge in [0.25, 0.3) is 0 Å². The molecule has 0 atom stereocenters. The summed E-state index contributed by atoms with van der Waals surface area (Å²) in [7, 11) is 0. The number of alkyl halides is 3. The summed E-state index contributed by atoms with van der Waals surface area (Å²) in [5.74, 6) is 0. The van der Waals surface area contributed by atoms with Crippen LogP contribution in [0.2, 0.25) is 0 Å². The van der Waals surface area contributed by atoms with Gasteiger partial charge in [0.1, 0.15) is 0 Å². The molecule has 0 spiro atoms. The summed E-state index contributed by atoms with van der Waals surface area (Å²) in [4.78, 5) is 7.37. The monoisotopic (exact) mass is 397 g/mol. The second kappa shape index (κ2) is 7.45. The normalized spacial score (nSPS) is 16.1. The molecule has 0 unspecified atom stereocenters. The van der Waals surface area contributed by atoms with E-state index >= 15 is 0 Å². The molecule has 1 N–H and O–H groups in total. The van der Waals surface area contributed by atoms with Crippen LogP contribution < -0.4 is 5.32 Å². The molecule has 10 heteroatoms. The number of anilines is 1. The molecule has 1 fully saturated rings. The van der Waals surface area contributed by atoms with Gasteiger partial charge in [0.2, 0.25) is 10.1 Å². The van der Waals surface area contributed by atoms with E-state index in [2.05, 4.69) is 20.3 Å². The van der Waals surface area contributed by atoms with E-state index < -0.39 is 11.7 Å². The molecule has 0 saturated carbocycles. The van der Waals surface area contributed by atoms with Crippen LogP contribution in [0.4, 0.5) is 18.3 Å². The van der Waals surface area contributed by atoms with E-state index in [0.29, 0.717) is 16.2 Å². The predicted octanol–water partition coefficient (Wildman–Crippen LogP) is 3.22. The molecule has 1 saturated heterocycles. The third kappa shape index (κ3) is 4.23. The van der Waals surface area contributed by atoms with Crippen LogP contribution in [0.25, 0.3) is 16.2 Å². The van der Waals surface area contributed by atoms with Crippen LogP contribution in [0, 0.1) is 0 Å². The Kier molecular flexibility index (Phi) is 5.02. The van der Waals surface area contributed by atoms with Crippen molar-refractivity contribution >= 4 is 21.4 Å². The van der Waals surface area contributed by atoms with Crippen LogP contribution in [-0.2, 0) is 10.9 Å². The van der Waals surface area contributed by atoms with E-state index in [1.54, 1.807) is 16.8 Å². The molecule has 6 nitrogen and oxygen atoms in total. The smallest absolute Gasteiger partial charge is 0.379 e. The third-order valence-electron chi connectivity index (χ3n) is 4.34. The molecule has 4 rings (SSSR count). The zero-order chi connectivity index (χ0) is 18.9. The Morgan fingerprint density at radius 1 is 1.22 bits per heavy atom. The molecule has 0 amide bonds. The lowest BCUT2D eigenvalue weighted by atomic mass is 10.1. The number of halogens is 3. The highest BCUT2D eigenvalue weighted by atomic mass is 32.1. The molecular weight excluding hydrogens is 379 g/mol. The number of imidazole rings is 1. The van der Waals surface area contributed by atoms with Gasteiger partial charge in [-0.25, -0.2) is 9.50 Å². The van der Waals surface area contributed by atoms with Crippen LogP contribution in [0.5, 0.6) is 0 Å². The number of hydrogen-bond acceptors (Lipinski definition) is 6. The van der Waals surface area contributed by atoms with Gasteiger partial charge in [-0.2, -0.15) is 13.2 Å². The van der Waals surface area contributed by atoms with Crippen LogP contribution in [-0.4, -0.2) is 58.9 Å². The lowest BCUT2D eigenvalue weighted by Gasteiger charge is -2.26. The van der Waals surface area contributed by atoms with Crippen LogP contribution >= 0.6 is 11.3 Å². The maximum absolute atomic E-state index is 12.9. The molecule has 2 aromatic heterocycles. The zero-order valence-electron chi connectivity index (χ0n) is 14.4. The molecule has 0 aliphatic carbocycles. The van der Waals surface area contributed by atoms with Crippen molar-refractivity contribution in [2.45, 2.75) is 6.18 Å². The summed E-state index contributed by atoms with van der Waals surface area (Å²) in [5, 5.41) is 8.42. The first-order chi connectivity index (χ1) is 13.0. The Balaban J connectivity index is 1.43. The SMILES string of the molecule is FC(F)(F)c1cccc(-c2cn3nc(NCCN4CCOCC4)sc3n2)c1. The maximum atomic E-state index is 12.9. The lowest BCUT2D eigenvalue weighted by molar-refractivity contribution is -0.137. The summed E-state index contributed by atoms with van der Waals surface area (Å²) < 4.78 is 45.6. The largest absolute Gasteiger partial charge is 0.416 e. The standard InChI is InChI=1S/C17H18F3N5OS/c18-17(19,20)13-3-1-2-12(10-13)14-11-25-16(22-14)27-15(23-25)21-4-5-24-6-8-26-9-7-24/h1-3,10-11H,4-9H2,(H,21,23). The number of fused-ring (bicyclic) bond motifs is 1. The minimum atomic E-state index is -4.37. The minimum Gasteiger partial charge on any atom is -0.379 e. The van der Waals surface area contributed by atoms with Crippen molar-refractivity contribution in [1.29, 1.82) is 0 Å². The average molecular weight is 397 g/mol. The number of hydrogen-bond donors (Lipinski definition) is 1. The molecule has 1 aliphatic rings. The van der Waals surface area contributed by atoms with Crippen molar-refractivity contribution in [3.05, 3.63) is 36.0 Å². The predicted molar refractivity (Wildman–Crippen MR) is 97.1 cm³/mol. The summed E-state index contributed by atoms with van der Waals surface area (Å²) in [5.41, 5.74) is 0.207. The highest BCUT2D eigenvalue weighted by Crippen LogP contribution is 2.32. The van der Waals surface area contributed by atoms with E-state index in [1.807, 2.05) is 0 Å². The van der Waals surface area contributed by atoms with Crippen molar-refractivity contribution in [3.8, 4) is 11.3 Å². The van der Waals surface area contributed by atoms with Gasteiger partial charge in [0, 0.05) is 31.7 Å². The fourth-order valence-corrected chi connectivity index (χ4v) is 3.72. The molecule has 1 aliphatic heterocycles. The van der Waals surface area contributed by atoms with Gasteiger partial charge in [0.05, 0.1) is 30.7 Å². The molecule has 0 bridgehead atoms. The van der Waals surface area contributed by atoms with Crippen molar-refractivity contribution in [2.24, 2.45) is 0 Å². The fourth-order valence-electron chi connectivity index (χ4n) is 2.91. The molecule has 144 valence electrons. The highest BCUT2D eigenvalue weighted by Gasteiger charge is 2.30. The molecule has 0 radical (unpaired) electrons. The lowest BCUT2D eigenvalue weighted by Crippen LogP contribution is -2.39. The third-order valence-corrected chi connectivity index (χ3v) is 5.22. The van der Waals surface area contributed by atoms with E-state index in [9.17, 15) is 13.2 Å². The quantitative estimate of drug-likeness (QED) is 0.717. The second-order valence-corrected chi connectivity index (χ2v) is 7.18. The van der Waals surface area contributed by atoms with Gasteiger partial charge >= 0.3 is 6.18 Å². The summed E-state index contributed by atoms with van der Waals surface area (Å²) in [6, 6.07) is 5.16. The Hall–Kier alpha value is -2.17. The van der Waals surface area contributed by atoms with Gasteiger partial charge in [0.15, 0.2) is 0 Å². The second-order valence-electron chi connectivity index (χ2n) is 6.22. The van der Waals surface area contributed by atoms with Crippen LogP contribution in [0.15, 0.2) is 30.5 Å². The van der Waals surface area contributed by atoms with Crippen molar-refractivity contribution < 1.29 is 17.9 Å². The van der Waals surface area contributed by atoms with E-state index in [0.717, 1.165) is 56.7 Å². The minimum absolute atomic E-state index is 0.421. The first kappa shape index (κ1) is 18.2. The van der Waals surface area contributed by atoms with Crippen molar-refractivity contribution in [1.82, 2.24) is 19.5 Å². The summed E-state index contributed by atoms with van der Waals surface area (Å²) >= 11 is 1.37. The topological polar surface area (TPSA) is 54.7 Å². The average Bonchev–Trinajstić information content (AvgIpc) is 3.21. The highest BCUT2D eigenvalue weighted by molar-refractivity contribution is 7.20. The molecular formula is C17H18F3N5OS. The molecule has 3 aromatic rings. The number of nitrogens with one attached hydrogen (secondary N) is 1. The van der Waals surface area contributed by atoms with Crippen LogP contribution in [0.3, 0.4) is 0 Å². The Labute approximate surface area is 157 Å².